The Morgan fingerprint density at radius 3 is 2.61 bits per heavy atom. The molecule has 0 aliphatic heterocycles. The molecule has 0 bridgehead atoms. The van der Waals surface area contributed by atoms with Crippen LogP contribution in [0.15, 0.2) is 24.3 Å². The topological polar surface area (TPSA) is 66.8 Å². The summed E-state index contributed by atoms with van der Waals surface area (Å²) in [4.78, 5) is 11.1. The summed E-state index contributed by atoms with van der Waals surface area (Å²) in [6.45, 7) is 5.24. The number of aromatic hydroxyl groups is 1. The first kappa shape index (κ1) is 14.3. The molecule has 2 N–H and O–H groups in total. The second-order valence-electron chi connectivity index (χ2n) is 4.42. The predicted octanol–water partition coefficient (Wildman–Crippen LogP) is 2.20. The molecule has 0 atom stereocenters. The van der Waals surface area contributed by atoms with Gasteiger partial charge in [0.25, 0.3) is 0 Å². The van der Waals surface area contributed by atoms with E-state index in [0.717, 1.165) is 0 Å². The van der Waals surface area contributed by atoms with Crippen molar-refractivity contribution in [2.45, 2.75) is 26.4 Å². The quantitative estimate of drug-likeness (QED) is 0.635. The normalized spacial score (nSPS) is 11.8. The van der Waals surface area contributed by atoms with Crippen LogP contribution in [0.3, 0.4) is 0 Å². The summed E-state index contributed by atoms with van der Waals surface area (Å²) in [5, 5.41) is 19.6. The minimum Gasteiger partial charge on any atom is -0.508 e. The zero-order valence-electron chi connectivity index (χ0n) is 10.8. The van der Waals surface area contributed by atoms with Crippen molar-refractivity contribution in [3.63, 3.8) is 0 Å². The second kappa shape index (κ2) is 5.69. The molecule has 0 aromatic heterocycles. The van der Waals surface area contributed by atoms with Gasteiger partial charge in [-0.1, -0.05) is 12.1 Å². The average Bonchev–Trinajstić information content (AvgIpc) is 2.25. The van der Waals surface area contributed by atoms with E-state index in [4.69, 9.17) is 4.74 Å². The lowest BCUT2D eigenvalue weighted by molar-refractivity contribution is -0.137. The first-order valence-corrected chi connectivity index (χ1v) is 5.75. The smallest absolute Gasteiger partial charge is 0.330 e. The van der Waals surface area contributed by atoms with Gasteiger partial charge in [0.15, 0.2) is 0 Å². The summed E-state index contributed by atoms with van der Waals surface area (Å²) in [6.07, 6.45) is 2.84. The van der Waals surface area contributed by atoms with Gasteiger partial charge in [0.1, 0.15) is 5.75 Å². The van der Waals surface area contributed by atoms with Gasteiger partial charge in [-0.15, -0.1) is 0 Å². The molecule has 0 saturated heterocycles. The van der Waals surface area contributed by atoms with Crippen LogP contribution in [0.5, 0.6) is 5.75 Å². The predicted molar refractivity (Wildman–Crippen MR) is 69.0 cm³/mol. The molecule has 4 heteroatoms. The Kier molecular flexibility index (Phi) is 4.50. The van der Waals surface area contributed by atoms with Crippen molar-refractivity contribution in [1.82, 2.24) is 0 Å². The van der Waals surface area contributed by atoms with E-state index in [1.165, 1.54) is 12.1 Å². The highest BCUT2D eigenvalue weighted by Crippen LogP contribution is 2.29. The molecule has 0 aliphatic rings. The fourth-order valence-electron chi connectivity index (χ4n) is 1.52. The standard InChI is InChI=1S/C14H18O4/c1-4-18-13(16)8-6-10-5-7-11(12(15)9-10)14(2,3)17/h5-9,15,17H,4H2,1-3H3/b8-6+. The van der Waals surface area contributed by atoms with E-state index >= 15 is 0 Å². The van der Waals surface area contributed by atoms with Crippen molar-refractivity contribution in [2.75, 3.05) is 6.61 Å². The lowest BCUT2D eigenvalue weighted by atomic mass is 9.96. The Labute approximate surface area is 107 Å². The summed E-state index contributed by atoms with van der Waals surface area (Å²) in [6, 6.07) is 4.83. The van der Waals surface area contributed by atoms with Crippen molar-refractivity contribution in [3.8, 4) is 5.75 Å². The van der Waals surface area contributed by atoms with E-state index in [9.17, 15) is 15.0 Å². The van der Waals surface area contributed by atoms with Gasteiger partial charge in [0, 0.05) is 11.6 Å². The van der Waals surface area contributed by atoms with Crippen LogP contribution >= 0.6 is 0 Å². The van der Waals surface area contributed by atoms with Gasteiger partial charge in [0.2, 0.25) is 0 Å². The summed E-state index contributed by atoms with van der Waals surface area (Å²) >= 11 is 0. The van der Waals surface area contributed by atoms with Crippen molar-refractivity contribution in [1.29, 1.82) is 0 Å². The number of esters is 1. The van der Waals surface area contributed by atoms with E-state index in [-0.39, 0.29) is 5.75 Å². The molecule has 18 heavy (non-hydrogen) atoms. The zero-order chi connectivity index (χ0) is 13.8. The van der Waals surface area contributed by atoms with E-state index in [1.54, 1.807) is 39.0 Å². The van der Waals surface area contributed by atoms with Crippen molar-refractivity contribution >= 4 is 12.0 Å². The third kappa shape index (κ3) is 3.89. The number of aliphatic hydroxyl groups is 1. The lowest BCUT2D eigenvalue weighted by Gasteiger charge is -2.19. The molecule has 0 aliphatic carbocycles. The van der Waals surface area contributed by atoms with Gasteiger partial charge < -0.3 is 14.9 Å². The highest BCUT2D eigenvalue weighted by molar-refractivity contribution is 5.87. The number of ether oxygens (including phenoxy) is 1. The largest absolute Gasteiger partial charge is 0.508 e. The molecule has 98 valence electrons. The Hall–Kier alpha value is -1.81. The van der Waals surface area contributed by atoms with Crippen LogP contribution < -0.4 is 0 Å². The van der Waals surface area contributed by atoms with E-state index < -0.39 is 11.6 Å². The average molecular weight is 250 g/mol. The number of hydrogen-bond acceptors (Lipinski definition) is 4. The van der Waals surface area contributed by atoms with Gasteiger partial charge in [-0.2, -0.15) is 0 Å². The first-order chi connectivity index (χ1) is 8.34. The fraction of sp³-hybridized carbons (Fsp3) is 0.357. The van der Waals surface area contributed by atoms with Gasteiger partial charge in [-0.25, -0.2) is 4.79 Å². The number of carbonyl (C=O) groups excluding carboxylic acids is 1. The van der Waals surface area contributed by atoms with Gasteiger partial charge in [-0.05, 0) is 38.5 Å². The third-order valence-electron chi connectivity index (χ3n) is 2.38. The molecule has 1 aromatic carbocycles. The number of carbonyl (C=O) groups is 1. The molecule has 0 radical (unpaired) electrons. The number of hydrogen-bond donors (Lipinski definition) is 2. The number of rotatable bonds is 4. The monoisotopic (exact) mass is 250 g/mol. The Morgan fingerprint density at radius 1 is 1.44 bits per heavy atom. The molecule has 0 amide bonds. The maximum Gasteiger partial charge on any atom is 0.330 e. The van der Waals surface area contributed by atoms with Gasteiger partial charge in [-0.3, -0.25) is 0 Å². The van der Waals surface area contributed by atoms with E-state index in [1.807, 2.05) is 0 Å². The summed E-state index contributed by atoms with van der Waals surface area (Å²) in [5.74, 6) is -0.433. The molecular formula is C14H18O4. The SMILES string of the molecule is CCOC(=O)/C=C/c1ccc(C(C)(C)O)c(O)c1. The van der Waals surface area contributed by atoms with Crippen LogP contribution in [0.2, 0.25) is 0 Å². The molecule has 0 saturated carbocycles. The number of phenols is 1. The molecule has 0 unspecified atom stereocenters. The van der Waals surface area contributed by atoms with Crippen LogP contribution in [-0.4, -0.2) is 22.8 Å². The fourth-order valence-corrected chi connectivity index (χ4v) is 1.52. The van der Waals surface area contributed by atoms with E-state index in [2.05, 4.69) is 0 Å². The Bertz CT molecular complexity index is 455. The van der Waals surface area contributed by atoms with Crippen LogP contribution in [0.25, 0.3) is 6.08 Å². The van der Waals surface area contributed by atoms with Gasteiger partial charge in [0.05, 0.1) is 12.2 Å². The first-order valence-electron chi connectivity index (χ1n) is 5.75. The second-order valence-corrected chi connectivity index (χ2v) is 4.42. The Morgan fingerprint density at radius 2 is 2.11 bits per heavy atom. The summed E-state index contributed by atoms with van der Waals surface area (Å²) < 4.78 is 4.74. The highest BCUT2D eigenvalue weighted by Gasteiger charge is 2.19. The van der Waals surface area contributed by atoms with Gasteiger partial charge >= 0.3 is 5.97 Å². The van der Waals surface area contributed by atoms with Crippen LogP contribution in [0.4, 0.5) is 0 Å². The Balaban J connectivity index is 2.89. The molecule has 1 aromatic rings. The number of benzene rings is 1. The summed E-state index contributed by atoms with van der Waals surface area (Å²) in [5.41, 5.74) is -0.00246. The van der Waals surface area contributed by atoms with Crippen molar-refractivity contribution in [3.05, 3.63) is 35.4 Å². The molecule has 0 fully saturated rings. The summed E-state index contributed by atoms with van der Waals surface area (Å²) in [7, 11) is 0. The molecule has 1 rings (SSSR count). The molecule has 4 nitrogen and oxygen atoms in total. The minimum absolute atomic E-state index is 0.00601. The lowest BCUT2D eigenvalue weighted by Crippen LogP contribution is -2.15. The van der Waals surface area contributed by atoms with Crippen molar-refractivity contribution in [2.24, 2.45) is 0 Å². The van der Waals surface area contributed by atoms with Crippen LogP contribution in [0, 0.1) is 0 Å². The molecular weight excluding hydrogens is 232 g/mol. The maximum atomic E-state index is 11.1. The molecule has 0 heterocycles. The van der Waals surface area contributed by atoms with Crippen LogP contribution in [0.1, 0.15) is 31.9 Å². The maximum absolute atomic E-state index is 11.1. The minimum atomic E-state index is -1.10. The number of phenolic OH excluding ortho intramolecular Hbond substituents is 1. The van der Waals surface area contributed by atoms with Crippen LogP contribution in [-0.2, 0) is 15.1 Å². The molecule has 0 spiro atoms. The third-order valence-corrected chi connectivity index (χ3v) is 2.38. The van der Waals surface area contributed by atoms with E-state index in [0.29, 0.717) is 17.7 Å². The zero-order valence-corrected chi connectivity index (χ0v) is 10.8. The van der Waals surface area contributed by atoms with Crippen molar-refractivity contribution < 1.29 is 19.7 Å². The highest BCUT2D eigenvalue weighted by atomic mass is 16.5.